The van der Waals surface area contributed by atoms with Crippen LogP contribution in [0.1, 0.15) is 25.0 Å². The Balaban J connectivity index is 1.58. The number of benzene rings is 3. The number of halogens is 3. The number of aromatic hydroxyl groups is 2. The molecule has 46 heavy (non-hydrogen) atoms. The van der Waals surface area contributed by atoms with E-state index in [0.29, 0.717) is 10.5 Å². The molecule has 1 heterocycles. The van der Waals surface area contributed by atoms with Crippen molar-refractivity contribution < 1.29 is 51.2 Å². The Morgan fingerprint density at radius 2 is 1.67 bits per heavy atom. The molecule has 0 spiro atoms. The third-order valence-corrected chi connectivity index (χ3v) is 9.07. The number of aliphatic hydroxyl groups is 1. The summed E-state index contributed by atoms with van der Waals surface area (Å²) in [7, 11) is -4.32. The highest BCUT2D eigenvalue weighted by atomic mass is 32.2. The molecular weight excluding hydrogens is 631 g/mol. The zero-order valence-corrected chi connectivity index (χ0v) is 25.7. The van der Waals surface area contributed by atoms with Crippen LogP contribution in [0, 0.1) is 5.92 Å². The van der Waals surface area contributed by atoms with Crippen molar-refractivity contribution >= 4 is 27.7 Å². The molecule has 0 aromatic heterocycles. The summed E-state index contributed by atoms with van der Waals surface area (Å²) in [6.45, 7) is 2.41. The number of phenols is 2. The van der Waals surface area contributed by atoms with E-state index in [2.05, 4.69) is 5.32 Å². The number of cyclic esters (lactones) is 1. The first kappa shape index (κ1) is 34.5. The average molecular weight is 666 g/mol. The number of sulfonamides is 1. The zero-order valence-electron chi connectivity index (χ0n) is 24.9. The molecule has 11 nitrogen and oxygen atoms in total. The number of para-hydroxylation sites is 1. The van der Waals surface area contributed by atoms with Gasteiger partial charge in [-0.3, -0.25) is 9.69 Å². The number of carbonyl (C=O) groups excluding carboxylic acids is 2. The molecule has 1 fully saturated rings. The first-order valence-electron chi connectivity index (χ1n) is 14.3. The fourth-order valence-corrected chi connectivity index (χ4v) is 6.64. The maximum absolute atomic E-state index is 13.6. The van der Waals surface area contributed by atoms with E-state index in [1.54, 1.807) is 44.2 Å². The lowest BCUT2D eigenvalue weighted by Gasteiger charge is -2.31. The molecule has 0 saturated carbocycles. The Morgan fingerprint density at radius 3 is 2.30 bits per heavy atom. The molecule has 15 heteroatoms. The predicted octanol–water partition coefficient (Wildman–Crippen LogP) is 3.88. The summed E-state index contributed by atoms with van der Waals surface area (Å²) in [6, 6.07) is 14.9. The molecule has 1 aliphatic heterocycles. The van der Waals surface area contributed by atoms with E-state index < -0.39 is 82.3 Å². The van der Waals surface area contributed by atoms with Crippen molar-refractivity contribution in [3.8, 4) is 11.5 Å². The Kier molecular flexibility index (Phi) is 10.5. The number of hydrogen-bond donors (Lipinski definition) is 4. The van der Waals surface area contributed by atoms with Crippen LogP contribution in [0.15, 0.2) is 77.7 Å². The van der Waals surface area contributed by atoms with Gasteiger partial charge in [0.15, 0.2) is 17.6 Å². The van der Waals surface area contributed by atoms with Gasteiger partial charge < -0.3 is 25.4 Å². The monoisotopic (exact) mass is 665 g/mol. The van der Waals surface area contributed by atoms with Crippen LogP contribution in [0.4, 0.5) is 23.7 Å². The first-order valence-corrected chi connectivity index (χ1v) is 15.7. The average Bonchev–Trinajstić information content (AvgIpc) is 3.39. The summed E-state index contributed by atoms with van der Waals surface area (Å²) in [5.41, 5.74) is -0.900. The van der Waals surface area contributed by atoms with Crippen molar-refractivity contribution in [2.75, 3.05) is 24.5 Å². The highest BCUT2D eigenvalue weighted by Gasteiger charge is 2.43. The highest BCUT2D eigenvalue weighted by Crippen LogP contribution is 2.38. The third kappa shape index (κ3) is 8.08. The van der Waals surface area contributed by atoms with Gasteiger partial charge in [0.25, 0.3) is 5.91 Å². The zero-order chi connectivity index (χ0) is 33.8. The lowest BCUT2D eigenvalue weighted by Crippen LogP contribution is -2.53. The maximum Gasteiger partial charge on any atom is 0.418 e. The molecular formula is C31H34F3N3O8S. The number of nitrogens with zero attached hydrogens (tertiary/aromatic N) is 2. The SMILES string of the molecule is CC(C)CN(C[C@@H](O)[C@H](Cc1ccccc1)NC(=O)[C@@H]1CN(c2ccccc2C(F)(F)F)C(=O)O1)S(=O)(=O)c1ccc(O)c(O)c1. The third-order valence-electron chi connectivity index (χ3n) is 7.24. The standard InChI is InChI=1S/C31H34F3N3O8S/c1-19(2)16-36(46(43,44)21-12-13-25(38)26(39)15-21)17-27(40)23(14-20-8-4-3-5-9-20)35-29(41)28-18-37(30(42)45-28)24-11-7-6-10-22(24)31(32,33)34/h3-13,15,19,23,27-28,38-40H,14,16-18H2,1-2H3,(H,35,41)/t23-,27+,28-/m0/s1. The second-order valence-electron chi connectivity index (χ2n) is 11.2. The number of phenolic OH excluding ortho intramolecular Hbond substituents is 2. The van der Waals surface area contributed by atoms with E-state index in [9.17, 15) is 46.5 Å². The van der Waals surface area contributed by atoms with Crippen LogP contribution in [0.5, 0.6) is 11.5 Å². The Labute approximate surface area is 263 Å². The Hall–Kier alpha value is -4.34. The van der Waals surface area contributed by atoms with Gasteiger partial charge in [0.1, 0.15) is 0 Å². The number of nitrogens with one attached hydrogen (secondary N) is 1. The van der Waals surface area contributed by atoms with Gasteiger partial charge in [-0.1, -0.05) is 56.3 Å². The lowest BCUT2D eigenvalue weighted by molar-refractivity contribution is -0.137. The number of alkyl halides is 3. The van der Waals surface area contributed by atoms with E-state index in [1.807, 2.05) is 0 Å². The van der Waals surface area contributed by atoms with E-state index in [1.165, 1.54) is 12.1 Å². The van der Waals surface area contributed by atoms with E-state index >= 15 is 0 Å². The molecule has 3 atom stereocenters. The molecule has 4 N–H and O–H groups in total. The normalized spacial score (nSPS) is 16.8. The number of carbonyl (C=O) groups is 2. The number of hydrogen-bond acceptors (Lipinski definition) is 8. The second kappa shape index (κ2) is 14.0. The smallest absolute Gasteiger partial charge is 0.418 e. The van der Waals surface area contributed by atoms with Crippen molar-refractivity contribution in [1.82, 2.24) is 9.62 Å². The molecule has 248 valence electrons. The van der Waals surface area contributed by atoms with Gasteiger partial charge in [0.2, 0.25) is 10.0 Å². The Morgan fingerprint density at radius 1 is 1.02 bits per heavy atom. The van der Waals surface area contributed by atoms with Gasteiger partial charge in [-0.05, 0) is 42.2 Å². The molecule has 4 rings (SSSR count). The fraction of sp³-hybridized carbons (Fsp3) is 0.355. The molecule has 2 amide bonds. The molecule has 0 radical (unpaired) electrons. The van der Waals surface area contributed by atoms with Gasteiger partial charge in [0, 0.05) is 19.2 Å². The fourth-order valence-electron chi connectivity index (χ4n) is 5.00. The number of anilines is 1. The predicted molar refractivity (Wildman–Crippen MR) is 161 cm³/mol. The van der Waals surface area contributed by atoms with Crippen molar-refractivity contribution in [2.45, 2.75) is 49.6 Å². The first-order chi connectivity index (χ1) is 21.6. The van der Waals surface area contributed by atoms with Crippen LogP contribution >= 0.6 is 0 Å². The summed E-state index contributed by atoms with van der Waals surface area (Å²) in [5.74, 6) is -2.29. The molecule has 0 aliphatic carbocycles. The van der Waals surface area contributed by atoms with Crippen molar-refractivity contribution in [1.29, 1.82) is 0 Å². The maximum atomic E-state index is 13.6. The second-order valence-corrected chi connectivity index (χ2v) is 13.2. The Bertz CT molecular complexity index is 1650. The molecule has 1 saturated heterocycles. The minimum Gasteiger partial charge on any atom is -0.504 e. The summed E-state index contributed by atoms with van der Waals surface area (Å²) in [5, 5.41) is 33.6. The number of rotatable bonds is 12. The van der Waals surface area contributed by atoms with Crippen LogP contribution in [-0.2, 0) is 32.2 Å². The van der Waals surface area contributed by atoms with Gasteiger partial charge in [-0.2, -0.15) is 17.5 Å². The van der Waals surface area contributed by atoms with E-state index in [4.69, 9.17) is 4.74 Å². The van der Waals surface area contributed by atoms with Crippen molar-refractivity contribution in [3.63, 3.8) is 0 Å². The van der Waals surface area contributed by atoms with Gasteiger partial charge in [-0.15, -0.1) is 0 Å². The number of amides is 2. The quantitative estimate of drug-likeness (QED) is 0.213. The summed E-state index contributed by atoms with van der Waals surface area (Å²) >= 11 is 0. The van der Waals surface area contributed by atoms with Crippen molar-refractivity contribution in [2.24, 2.45) is 5.92 Å². The van der Waals surface area contributed by atoms with Gasteiger partial charge in [-0.25, -0.2) is 13.2 Å². The molecule has 3 aromatic rings. The summed E-state index contributed by atoms with van der Waals surface area (Å²) in [4.78, 5) is 26.4. The highest BCUT2D eigenvalue weighted by molar-refractivity contribution is 7.89. The van der Waals surface area contributed by atoms with E-state index in [-0.39, 0.29) is 23.8 Å². The minimum absolute atomic E-state index is 0.0185. The van der Waals surface area contributed by atoms with Crippen LogP contribution in [0.3, 0.4) is 0 Å². The molecule has 3 aromatic carbocycles. The molecule has 1 aliphatic rings. The largest absolute Gasteiger partial charge is 0.504 e. The number of aliphatic hydroxyl groups excluding tert-OH is 1. The van der Waals surface area contributed by atoms with Gasteiger partial charge in [0.05, 0.1) is 34.8 Å². The lowest BCUT2D eigenvalue weighted by atomic mass is 10.0. The summed E-state index contributed by atoms with van der Waals surface area (Å²) in [6.07, 6.45) is -8.98. The topological polar surface area (TPSA) is 157 Å². The summed E-state index contributed by atoms with van der Waals surface area (Å²) < 4.78 is 74.1. The van der Waals surface area contributed by atoms with Crippen LogP contribution in [0.25, 0.3) is 0 Å². The minimum atomic E-state index is -4.77. The van der Waals surface area contributed by atoms with E-state index in [0.717, 1.165) is 34.6 Å². The van der Waals surface area contributed by atoms with Crippen molar-refractivity contribution in [3.05, 3.63) is 83.9 Å². The molecule has 0 bridgehead atoms. The van der Waals surface area contributed by atoms with Crippen LogP contribution in [0.2, 0.25) is 0 Å². The number of ether oxygens (including phenoxy) is 1. The van der Waals surface area contributed by atoms with Crippen LogP contribution < -0.4 is 10.2 Å². The van der Waals surface area contributed by atoms with Gasteiger partial charge >= 0.3 is 12.3 Å². The molecule has 0 unspecified atom stereocenters. The van der Waals surface area contributed by atoms with Crippen LogP contribution in [-0.4, -0.2) is 77.9 Å².